The average Bonchev–Trinajstić information content (AvgIpc) is 2.43. The van der Waals surface area contributed by atoms with Crippen molar-refractivity contribution in [3.05, 3.63) is 71.0 Å². The molecule has 5 heteroatoms. The third-order valence-electron chi connectivity index (χ3n) is 3.08. The Labute approximate surface area is 114 Å². The van der Waals surface area contributed by atoms with Gasteiger partial charge in [-0.1, -0.05) is 30.3 Å². The van der Waals surface area contributed by atoms with E-state index in [2.05, 4.69) is 0 Å². The maximum Gasteiger partial charge on any atom is 0.163 e. The lowest BCUT2D eigenvalue weighted by molar-refractivity contribution is 0.143. The first-order chi connectivity index (χ1) is 9.49. The molecule has 0 bridgehead atoms. The summed E-state index contributed by atoms with van der Waals surface area (Å²) in [5, 5.41) is 9.99. The molecule has 2 rings (SSSR count). The molecule has 0 aliphatic heterocycles. The SMILES string of the molecule is N[C@H](c1cc(F)cc(F)c1F)[C@@H](O)Cc1ccccc1. The summed E-state index contributed by atoms with van der Waals surface area (Å²) in [4.78, 5) is 0. The third-order valence-corrected chi connectivity index (χ3v) is 3.08. The number of benzene rings is 2. The number of hydrogen-bond acceptors (Lipinski definition) is 2. The van der Waals surface area contributed by atoms with E-state index in [1.165, 1.54) is 0 Å². The zero-order valence-electron chi connectivity index (χ0n) is 10.6. The number of rotatable bonds is 4. The van der Waals surface area contributed by atoms with Gasteiger partial charge in [0.2, 0.25) is 0 Å². The van der Waals surface area contributed by atoms with Gasteiger partial charge >= 0.3 is 0 Å². The number of aliphatic hydroxyl groups excluding tert-OH is 1. The summed E-state index contributed by atoms with van der Waals surface area (Å²) in [6, 6.07) is 8.98. The van der Waals surface area contributed by atoms with Gasteiger partial charge in [0.25, 0.3) is 0 Å². The fourth-order valence-corrected chi connectivity index (χ4v) is 2.01. The predicted octanol–water partition coefficient (Wildman–Crippen LogP) is 2.71. The van der Waals surface area contributed by atoms with Crippen LogP contribution in [-0.2, 0) is 6.42 Å². The Morgan fingerprint density at radius 3 is 2.35 bits per heavy atom. The van der Waals surface area contributed by atoms with Crippen LogP contribution in [0.1, 0.15) is 17.2 Å². The van der Waals surface area contributed by atoms with Crippen molar-refractivity contribution < 1.29 is 18.3 Å². The van der Waals surface area contributed by atoms with E-state index in [9.17, 15) is 18.3 Å². The van der Waals surface area contributed by atoms with Gasteiger partial charge in [0.05, 0.1) is 12.1 Å². The Kier molecular flexibility index (Phi) is 4.42. The van der Waals surface area contributed by atoms with Crippen molar-refractivity contribution in [1.82, 2.24) is 0 Å². The number of hydrogen-bond donors (Lipinski definition) is 2. The summed E-state index contributed by atoms with van der Waals surface area (Å²) in [5.41, 5.74) is 6.13. The molecule has 2 aromatic rings. The quantitative estimate of drug-likeness (QED) is 0.846. The summed E-state index contributed by atoms with van der Waals surface area (Å²) in [7, 11) is 0. The van der Waals surface area contributed by atoms with Crippen LogP contribution < -0.4 is 5.73 Å². The van der Waals surface area contributed by atoms with E-state index in [1.54, 1.807) is 24.3 Å². The van der Waals surface area contributed by atoms with E-state index in [4.69, 9.17) is 5.73 Å². The highest BCUT2D eigenvalue weighted by Gasteiger charge is 2.23. The van der Waals surface area contributed by atoms with E-state index >= 15 is 0 Å². The fraction of sp³-hybridized carbons (Fsp3) is 0.200. The molecule has 2 aromatic carbocycles. The van der Waals surface area contributed by atoms with Crippen LogP contribution in [0.4, 0.5) is 13.2 Å². The van der Waals surface area contributed by atoms with Gasteiger partial charge in [-0.05, 0) is 11.6 Å². The zero-order chi connectivity index (χ0) is 14.7. The van der Waals surface area contributed by atoms with Crippen LogP contribution in [0, 0.1) is 17.5 Å². The summed E-state index contributed by atoms with van der Waals surface area (Å²) < 4.78 is 39.9. The monoisotopic (exact) mass is 281 g/mol. The highest BCUT2D eigenvalue weighted by molar-refractivity contribution is 5.25. The summed E-state index contributed by atoms with van der Waals surface area (Å²) >= 11 is 0. The maximum absolute atomic E-state index is 13.6. The average molecular weight is 281 g/mol. The number of nitrogens with two attached hydrogens (primary N) is 1. The number of halogens is 3. The lowest BCUT2D eigenvalue weighted by Gasteiger charge is -2.20. The van der Waals surface area contributed by atoms with Crippen molar-refractivity contribution in [2.24, 2.45) is 5.73 Å². The van der Waals surface area contributed by atoms with Gasteiger partial charge in [-0.2, -0.15) is 0 Å². The minimum Gasteiger partial charge on any atom is -0.391 e. The molecule has 2 atom stereocenters. The molecule has 0 saturated carbocycles. The van der Waals surface area contributed by atoms with Crippen LogP contribution in [0.5, 0.6) is 0 Å². The zero-order valence-corrected chi connectivity index (χ0v) is 10.6. The Morgan fingerprint density at radius 2 is 1.70 bits per heavy atom. The van der Waals surface area contributed by atoms with E-state index in [1.807, 2.05) is 6.07 Å². The van der Waals surface area contributed by atoms with E-state index < -0.39 is 29.6 Å². The predicted molar refractivity (Wildman–Crippen MR) is 69.4 cm³/mol. The summed E-state index contributed by atoms with van der Waals surface area (Å²) in [6.07, 6.45) is -0.979. The fourth-order valence-electron chi connectivity index (χ4n) is 2.01. The minimum absolute atomic E-state index is 0.166. The molecule has 0 heterocycles. The summed E-state index contributed by atoms with van der Waals surface area (Å²) in [5.74, 6) is -3.48. The molecule has 0 aliphatic rings. The van der Waals surface area contributed by atoms with E-state index in [0.717, 1.165) is 11.6 Å². The largest absolute Gasteiger partial charge is 0.391 e. The lowest BCUT2D eigenvalue weighted by Crippen LogP contribution is -2.29. The molecule has 106 valence electrons. The van der Waals surface area contributed by atoms with Gasteiger partial charge in [0.15, 0.2) is 11.6 Å². The molecule has 0 spiro atoms. The normalized spacial score (nSPS) is 14.1. The van der Waals surface area contributed by atoms with Crippen LogP contribution in [0.25, 0.3) is 0 Å². The number of aliphatic hydroxyl groups is 1. The highest BCUT2D eigenvalue weighted by Crippen LogP contribution is 2.23. The molecule has 0 unspecified atom stereocenters. The molecule has 0 fully saturated rings. The van der Waals surface area contributed by atoms with Crippen molar-refractivity contribution in [1.29, 1.82) is 0 Å². The molecule has 0 aromatic heterocycles. The molecular weight excluding hydrogens is 267 g/mol. The van der Waals surface area contributed by atoms with Crippen LogP contribution >= 0.6 is 0 Å². The first kappa shape index (κ1) is 14.6. The lowest BCUT2D eigenvalue weighted by atomic mass is 9.96. The topological polar surface area (TPSA) is 46.2 Å². The minimum atomic E-state index is -1.32. The molecule has 0 aliphatic carbocycles. The summed E-state index contributed by atoms with van der Waals surface area (Å²) in [6.45, 7) is 0. The van der Waals surface area contributed by atoms with Crippen LogP contribution in [-0.4, -0.2) is 11.2 Å². The third kappa shape index (κ3) is 3.18. The van der Waals surface area contributed by atoms with E-state index in [0.29, 0.717) is 6.07 Å². The van der Waals surface area contributed by atoms with Crippen molar-refractivity contribution in [2.75, 3.05) is 0 Å². The molecule has 3 N–H and O–H groups in total. The van der Waals surface area contributed by atoms with Gasteiger partial charge < -0.3 is 10.8 Å². The van der Waals surface area contributed by atoms with Gasteiger partial charge in [0.1, 0.15) is 5.82 Å². The molecule has 2 nitrogen and oxygen atoms in total. The smallest absolute Gasteiger partial charge is 0.163 e. The molecule has 0 saturated heterocycles. The van der Waals surface area contributed by atoms with Crippen molar-refractivity contribution in [2.45, 2.75) is 18.6 Å². The van der Waals surface area contributed by atoms with Gasteiger partial charge in [-0.15, -0.1) is 0 Å². The molecular formula is C15H14F3NO. The van der Waals surface area contributed by atoms with Crippen molar-refractivity contribution >= 4 is 0 Å². The van der Waals surface area contributed by atoms with Crippen LogP contribution in [0.2, 0.25) is 0 Å². The first-order valence-corrected chi connectivity index (χ1v) is 6.11. The van der Waals surface area contributed by atoms with E-state index in [-0.39, 0.29) is 12.0 Å². The van der Waals surface area contributed by atoms with Crippen molar-refractivity contribution in [3.8, 4) is 0 Å². The van der Waals surface area contributed by atoms with Crippen LogP contribution in [0.3, 0.4) is 0 Å². The van der Waals surface area contributed by atoms with Gasteiger partial charge in [0, 0.05) is 18.1 Å². The maximum atomic E-state index is 13.6. The highest BCUT2D eigenvalue weighted by atomic mass is 19.2. The van der Waals surface area contributed by atoms with Crippen LogP contribution in [0.15, 0.2) is 42.5 Å². The Hall–Kier alpha value is -1.85. The second-order valence-corrected chi connectivity index (χ2v) is 4.57. The second-order valence-electron chi connectivity index (χ2n) is 4.57. The molecule has 20 heavy (non-hydrogen) atoms. The second kappa shape index (κ2) is 6.07. The Balaban J connectivity index is 2.21. The molecule has 0 radical (unpaired) electrons. The standard InChI is InChI=1S/C15H14F3NO/c16-10-7-11(14(18)12(17)8-10)15(19)13(20)6-9-4-2-1-3-5-9/h1-5,7-8,13,15,20H,6,19H2/t13-,15+/m0/s1. The Bertz CT molecular complexity index is 589. The first-order valence-electron chi connectivity index (χ1n) is 6.11. The van der Waals surface area contributed by atoms with Gasteiger partial charge in [-0.3, -0.25) is 0 Å². The van der Waals surface area contributed by atoms with Gasteiger partial charge in [-0.25, -0.2) is 13.2 Å². The molecule has 0 amide bonds. The Morgan fingerprint density at radius 1 is 1.05 bits per heavy atom. The van der Waals surface area contributed by atoms with Crippen molar-refractivity contribution in [3.63, 3.8) is 0 Å².